The lowest BCUT2D eigenvalue weighted by Crippen LogP contribution is -2.23. The zero-order valence-corrected chi connectivity index (χ0v) is 14.7. The molecule has 0 bridgehead atoms. The molecule has 1 amide bonds. The Kier molecular flexibility index (Phi) is 5.36. The first-order chi connectivity index (χ1) is 12.2. The maximum Gasteiger partial charge on any atom is 0.266 e. The third kappa shape index (κ3) is 4.00. The number of ether oxygens (including phenoxy) is 1. The van der Waals surface area contributed by atoms with Crippen molar-refractivity contribution in [2.75, 3.05) is 13.7 Å². The van der Waals surface area contributed by atoms with Gasteiger partial charge in [-0.25, -0.2) is 4.99 Å². The van der Waals surface area contributed by atoms with E-state index in [1.54, 1.807) is 18.0 Å². The molecule has 4 nitrogen and oxygen atoms in total. The summed E-state index contributed by atoms with van der Waals surface area (Å²) in [4.78, 5) is 19.3. The minimum absolute atomic E-state index is 0.0711. The second-order valence-electron chi connectivity index (χ2n) is 5.34. The average Bonchev–Trinajstić information content (AvgIpc) is 2.90. The molecule has 0 saturated carbocycles. The fourth-order valence-electron chi connectivity index (χ4n) is 2.29. The Balaban J connectivity index is 1.89. The highest BCUT2D eigenvalue weighted by Gasteiger charge is 2.30. The van der Waals surface area contributed by atoms with E-state index < -0.39 is 0 Å². The second kappa shape index (κ2) is 7.85. The maximum atomic E-state index is 12.5. The quantitative estimate of drug-likeness (QED) is 0.589. The van der Waals surface area contributed by atoms with E-state index in [2.05, 4.69) is 11.6 Å². The van der Waals surface area contributed by atoms with Gasteiger partial charge in [0.2, 0.25) is 0 Å². The topological polar surface area (TPSA) is 41.9 Å². The van der Waals surface area contributed by atoms with Gasteiger partial charge in [0.05, 0.1) is 10.6 Å². The molecule has 1 heterocycles. The molecule has 2 aromatic carbocycles. The normalized spacial score (nSPS) is 17.3. The SMILES string of the molecule is C=CCOc1ccccc1/C=C1\SC(=Nc2ccccc2)N(C)C1=O. The lowest BCUT2D eigenvalue weighted by Gasteiger charge is -2.07. The van der Waals surface area contributed by atoms with Gasteiger partial charge in [0, 0.05) is 12.6 Å². The Labute approximate surface area is 151 Å². The van der Waals surface area contributed by atoms with Crippen LogP contribution in [0.1, 0.15) is 5.56 Å². The Morgan fingerprint density at radius 1 is 1.16 bits per heavy atom. The Hall–Kier alpha value is -2.79. The number of amidine groups is 1. The predicted octanol–water partition coefficient (Wildman–Crippen LogP) is 4.49. The van der Waals surface area contributed by atoms with Crippen molar-refractivity contribution in [1.29, 1.82) is 0 Å². The van der Waals surface area contributed by atoms with Crippen LogP contribution in [0.25, 0.3) is 6.08 Å². The van der Waals surface area contributed by atoms with E-state index >= 15 is 0 Å². The van der Waals surface area contributed by atoms with E-state index in [0.717, 1.165) is 17.0 Å². The summed E-state index contributed by atoms with van der Waals surface area (Å²) in [7, 11) is 1.73. The Morgan fingerprint density at radius 3 is 2.64 bits per heavy atom. The van der Waals surface area contributed by atoms with E-state index in [0.29, 0.717) is 16.7 Å². The largest absolute Gasteiger partial charge is 0.489 e. The van der Waals surface area contributed by atoms with Gasteiger partial charge in [0.25, 0.3) is 5.91 Å². The van der Waals surface area contributed by atoms with Gasteiger partial charge in [-0.1, -0.05) is 49.1 Å². The van der Waals surface area contributed by atoms with Crippen molar-refractivity contribution in [2.24, 2.45) is 4.99 Å². The third-order valence-corrected chi connectivity index (χ3v) is 4.61. The van der Waals surface area contributed by atoms with Crippen molar-refractivity contribution in [1.82, 2.24) is 4.90 Å². The van der Waals surface area contributed by atoms with Crippen LogP contribution in [-0.2, 0) is 4.79 Å². The highest BCUT2D eigenvalue weighted by atomic mass is 32.2. The first-order valence-electron chi connectivity index (χ1n) is 7.83. The minimum Gasteiger partial charge on any atom is -0.489 e. The van der Waals surface area contributed by atoms with Crippen molar-refractivity contribution in [3.8, 4) is 5.75 Å². The number of benzene rings is 2. The number of likely N-dealkylation sites (N-methyl/N-ethyl adjacent to an activating group) is 1. The molecular formula is C20H18N2O2S. The molecule has 2 aromatic rings. The number of hydrogen-bond acceptors (Lipinski definition) is 4. The zero-order valence-electron chi connectivity index (χ0n) is 13.9. The second-order valence-corrected chi connectivity index (χ2v) is 6.35. The summed E-state index contributed by atoms with van der Waals surface area (Å²) in [5.74, 6) is 0.651. The summed E-state index contributed by atoms with van der Waals surface area (Å²) in [6.07, 6.45) is 3.53. The molecule has 5 heteroatoms. The molecular weight excluding hydrogens is 332 g/mol. The lowest BCUT2D eigenvalue weighted by molar-refractivity contribution is -0.121. The van der Waals surface area contributed by atoms with Gasteiger partial charge >= 0.3 is 0 Å². The number of carbonyl (C=O) groups excluding carboxylic acids is 1. The standard InChI is InChI=1S/C20H18N2O2S/c1-3-13-24-17-12-8-7-9-15(17)14-18-19(23)22(2)20(25-18)21-16-10-5-4-6-11-16/h3-12,14H,1,13H2,2H3/b18-14-,21-20?. The molecule has 1 aliphatic rings. The number of thioether (sulfide) groups is 1. The molecule has 3 rings (SSSR count). The molecule has 1 saturated heterocycles. The average molecular weight is 350 g/mol. The molecule has 0 radical (unpaired) electrons. The first kappa shape index (κ1) is 17.0. The van der Waals surface area contributed by atoms with Crippen molar-refractivity contribution in [3.05, 3.63) is 77.7 Å². The van der Waals surface area contributed by atoms with Crippen molar-refractivity contribution < 1.29 is 9.53 Å². The molecule has 1 aliphatic heterocycles. The summed E-state index contributed by atoms with van der Waals surface area (Å²) in [5.41, 5.74) is 1.68. The van der Waals surface area contributed by atoms with E-state index in [4.69, 9.17) is 4.74 Å². The molecule has 126 valence electrons. The highest BCUT2D eigenvalue weighted by Crippen LogP contribution is 2.34. The molecule has 0 spiro atoms. The van der Waals surface area contributed by atoms with E-state index in [1.807, 2.05) is 60.7 Å². The van der Waals surface area contributed by atoms with E-state index in [9.17, 15) is 4.79 Å². The number of para-hydroxylation sites is 2. The van der Waals surface area contributed by atoms with Gasteiger partial charge in [0.15, 0.2) is 5.17 Å². The lowest BCUT2D eigenvalue weighted by atomic mass is 10.2. The van der Waals surface area contributed by atoms with Crippen LogP contribution in [0, 0.1) is 0 Å². The Morgan fingerprint density at radius 2 is 1.88 bits per heavy atom. The van der Waals surface area contributed by atoms with Crippen LogP contribution in [0.3, 0.4) is 0 Å². The van der Waals surface area contributed by atoms with Crippen molar-refractivity contribution in [3.63, 3.8) is 0 Å². The van der Waals surface area contributed by atoms with Gasteiger partial charge in [0.1, 0.15) is 12.4 Å². The summed E-state index contributed by atoms with van der Waals surface area (Å²) in [6.45, 7) is 4.08. The number of carbonyl (C=O) groups is 1. The van der Waals surface area contributed by atoms with Crippen LogP contribution in [0.4, 0.5) is 5.69 Å². The highest BCUT2D eigenvalue weighted by molar-refractivity contribution is 8.18. The molecule has 1 fully saturated rings. The molecule has 0 atom stereocenters. The van der Waals surface area contributed by atoms with Crippen LogP contribution in [0.2, 0.25) is 0 Å². The smallest absolute Gasteiger partial charge is 0.266 e. The molecule has 0 aliphatic carbocycles. The first-order valence-corrected chi connectivity index (χ1v) is 8.65. The monoisotopic (exact) mass is 350 g/mol. The van der Waals surface area contributed by atoms with Gasteiger partial charge in [-0.3, -0.25) is 9.69 Å². The van der Waals surface area contributed by atoms with Gasteiger partial charge in [-0.2, -0.15) is 0 Å². The van der Waals surface area contributed by atoms with Crippen LogP contribution >= 0.6 is 11.8 Å². The molecule has 0 N–H and O–H groups in total. The number of nitrogens with zero attached hydrogens (tertiary/aromatic N) is 2. The maximum absolute atomic E-state index is 12.5. The number of aliphatic imine (C=N–C) groups is 1. The fourth-order valence-corrected chi connectivity index (χ4v) is 3.26. The van der Waals surface area contributed by atoms with Crippen LogP contribution in [-0.4, -0.2) is 29.6 Å². The fraction of sp³-hybridized carbons (Fsp3) is 0.100. The van der Waals surface area contributed by atoms with Crippen molar-refractivity contribution >= 4 is 34.6 Å². The molecule has 0 unspecified atom stereocenters. The van der Waals surface area contributed by atoms with Crippen LogP contribution in [0.15, 0.2) is 77.1 Å². The summed E-state index contributed by atoms with van der Waals surface area (Å²) in [5, 5.41) is 0.659. The summed E-state index contributed by atoms with van der Waals surface area (Å²) in [6, 6.07) is 17.2. The van der Waals surface area contributed by atoms with Gasteiger partial charge in [-0.05, 0) is 36.0 Å². The van der Waals surface area contributed by atoms with Crippen LogP contribution < -0.4 is 4.74 Å². The number of rotatable bonds is 5. The van der Waals surface area contributed by atoms with Crippen LogP contribution in [0.5, 0.6) is 5.75 Å². The number of hydrogen-bond donors (Lipinski definition) is 0. The minimum atomic E-state index is -0.0711. The van der Waals surface area contributed by atoms with Crippen molar-refractivity contribution in [2.45, 2.75) is 0 Å². The molecule has 0 aromatic heterocycles. The van der Waals surface area contributed by atoms with E-state index in [1.165, 1.54) is 11.8 Å². The zero-order chi connectivity index (χ0) is 17.6. The van der Waals surface area contributed by atoms with E-state index in [-0.39, 0.29) is 5.91 Å². The Bertz CT molecular complexity index is 844. The number of amides is 1. The third-order valence-electron chi connectivity index (χ3n) is 3.55. The summed E-state index contributed by atoms with van der Waals surface area (Å²) < 4.78 is 5.65. The summed E-state index contributed by atoms with van der Waals surface area (Å²) >= 11 is 1.36. The molecule has 25 heavy (non-hydrogen) atoms. The predicted molar refractivity (Wildman–Crippen MR) is 104 cm³/mol. The van der Waals surface area contributed by atoms with Gasteiger partial charge in [-0.15, -0.1) is 0 Å². The van der Waals surface area contributed by atoms with Gasteiger partial charge < -0.3 is 4.74 Å².